The molecule has 8 unspecified atom stereocenters. The highest BCUT2D eigenvalue weighted by molar-refractivity contribution is 5.80. The summed E-state index contributed by atoms with van der Waals surface area (Å²) in [6, 6.07) is -1.00. The fourth-order valence-corrected chi connectivity index (χ4v) is 8.78. The lowest BCUT2D eigenvalue weighted by atomic mass is 9.99. The van der Waals surface area contributed by atoms with E-state index in [0.717, 1.165) is 44.9 Å². The van der Waals surface area contributed by atoms with Gasteiger partial charge in [0.25, 0.3) is 0 Å². The van der Waals surface area contributed by atoms with Gasteiger partial charge in [0, 0.05) is 0 Å². The van der Waals surface area contributed by atoms with Crippen LogP contribution in [0.2, 0.25) is 0 Å². The standard InChI is InChI=1S/C56H105NO9/c1-3-5-7-9-11-13-15-17-19-21-22-23-24-25-26-27-29-31-33-35-37-39-41-43-45-50(60)55(64)57-48(47-65-56-54(63)53(62)52(61)51(46-58)66-56)49(59)44-42-40-38-36-34-32-30-28-20-18-16-14-12-10-8-6-4-2/h20,28,34,36,42,44,48-54,56,58-63H,3-19,21-27,29-33,35,37-41,43,45-47H2,1-2H3,(H,57,64)/b28-20+,36-34+,44-42+. The van der Waals surface area contributed by atoms with Crippen LogP contribution in [0.5, 0.6) is 0 Å². The first-order valence-electron chi connectivity index (χ1n) is 27.8. The van der Waals surface area contributed by atoms with Crippen LogP contribution in [0.15, 0.2) is 36.5 Å². The Morgan fingerprint density at radius 1 is 0.515 bits per heavy atom. The van der Waals surface area contributed by atoms with E-state index in [1.165, 1.54) is 173 Å². The average molecular weight is 936 g/mol. The molecule has 0 saturated carbocycles. The fraction of sp³-hybridized carbons (Fsp3) is 0.875. The molecule has 10 nitrogen and oxygen atoms in total. The van der Waals surface area contributed by atoms with E-state index in [-0.39, 0.29) is 6.61 Å². The van der Waals surface area contributed by atoms with Crippen LogP contribution in [-0.4, -0.2) is 98.7 Å². The Balaban J connectivity index is 2.30. The third-order valence-corrected chi connectivity index (χ3v) is 13.3. The maximum Gasteiger partial charge on any atom is 0.249 e. The summed E-state index contributed by atoms with van der Waals surface area (Å²) in [7, 11) is 0. The van der Waals surface area contributed by atoms with Gasteiger partial charge in [0.15, 0.2) is 6.29 Å². The number of nitrogens with one attached hydrogen (secondary N) is 1. The van der Waals surface area contributed by atoms with E-state index in [0.29, 0.717) is 19.3 Å². The topological polar surface area (TPSA) is 169 Å². The molecule has 0 spiro atoms. The van der Waals surface area contributed by atoms with Crippen LogP contribution in [-0.2, 0) is 14.3 Å². The molecule has 1 heterocycles. The van der Waals surface area contributed by atoms with Gasteiger partial charge in [0.2, 0.25) is 5.91 Å². The zero-order valence-electron chi connectivity index (χ0n) is 42.6. The number of unbranched alkanes of at least 4 members (excludes halogenated alkanes) is 32. The Kier molecular flexibility index (Phi) is 43.3. The van der Waals surface area contributed by atoms with Crippen molar-refractivity contribution < 1.29 is 44.9 Å². The Labute approximate surface area is 404 Å². The van der Waals surface area contributed by atoms with Crippen LogP contribution < -0.4 is 5.32 Å². The summed E-state index contributed by atoms with van der Waals surface area (Å²) < 4.78 is 11.2. The quantitative estimate of drug-likeness (QED) is 0.0232. The Morgan fingerprint density at radius 2 is 0.894 bits per heavy atom. The molecule has 0 aliphatic carbocycles. The second kappa shape index (κ2) is 45.8. The molecule has 1 amide bonds. The van der Waals surface area contributed by atoms with E-state index < -0.39 is 61.5 Å². The molecule has 1 saturated heterocycles. The molecule has 1 fully saturated rings. The molecule has 0 radical (unpaired) electrons. The summed E-state index contributed by atoms with van der Waals surface area (Å²) in [5.41, 5.74) is 0. The van der Waals surface area contributed by atoms with Crippen molar-refractivity contribution in [1.29, 1.82) is 0 Å². The van der Waals surface area contributed by atoms with Crippen molar-refractivity contribution in [3.8, 4) is 0 Å². The Hall–Kier alpha value is -1.63. The lowest BCUT2D eigenvalue weighted by Crippen LogP contribution is -2.60. The van der Waals surface area contributed by atoms with Gasteiger partial charge in [-0.1, -0.05) is 243 Å². The molecule has 0 aromatic rings. The van der Waals surface area contributed by atoms with Gasteiger partial charge in [-0.25, -0.2) is 0 Å². The number of aliphatic hydroxyl groups is 6. The van der Waals surface area contributed by atoms with Crippen molar-refractivity contribution in [2.45, 2.75) is 300 Å². The van der Waals surface area contributed by atoms with Gasteiger partial charge in [-0.05, 0) is 44.9 Å². The minimum atomic E-state index is -1.62. The first-order chi connectivity index (χ1) is 32.3. The van der Waals surface area contributed by atoms with E-state index in [9.17, 15) is 35.4 Å². The summed E-state index contributed by atoms with van der Waals surface area (Å²) in [5.74, 6) is -0.627. The van der Waals surface area contributed by atoms with Crippen LogP contribution in [0, 0.1) is 0 Å². The second-order valence-corrected chi connectivity index (χ2v) is 19.5. The second-order valence-electron chi connectivity index (χ2n) is 19.5. The van der Waals surface area contributed by atoms with Gasteiger partial charge in [-0.2, -0.15) is 0 Å². The maximum atomic E-state index is 13.1. The molecule has 10 heteroatoms. The van der Waals surface area contributed by atoms with E-state index in [4.69, 9.17) is 9.47 Å². The van der Waals surface area contributed by atoms with E-state index in [1.807, 2.05) is 6.08 Å². The van der Waals surface area contributed by atoms with Crippen molar-refractivity contribution in [1.82, 2.24) is 5.32 Å². The summed E-state index contributed by atoms with van der Waals surface area (Å²) >= 11 is 0. The number of hydrogen-bond acceptors (Lipinski definition) is 9. The SMILES string of the molecule is CCCCCCCCC/C=C/CC/C=C/CC/C=C/C(O)C(COC1OC(CO)C(O)C(O)C1O)NC(=O)C(O)CCCCCCCCCCCCCCCCCCCCCCCCCC. The molecule has 0 bridgehead atoms. The molecule has 66 heavy (non-hydrogen) atoms. The van der Waals surface area contributed by atoms with Crippen LogP contribution in [0.3, 0.4) is 0 Å². The summed E-state index contributed by atoms with van der Waals surface area (Å²) in [6.07, 6.45) is 48.2. The molecule has 1 aliphatic rings. The smallest absolute Gasteiger partial charge is 0.249 e. The van der Waals surface area contributed by atoms with Crippen LogP contribution in [0.25, 0.3) is 0 Å². The molecule has 7 N–H and O–H groups in total. The predicted octanol–water partition coefficient (Wildman–Crippen LogP) is 12.2. The van der Waals surface area contributed by atoms with Gasteiger partial charge in [0.05, 0.1) is 25.4 Å². The lowest BCUT2D eigenvalue weighted by molar-refractivity contribution is -0.302. The van der Waals surface area contributed by atoms with Gasteiger partial charge >= 0.3 is 0 Å². The third-order valence-electron chi connectivity index (χ3n) is 13.3. The minimum absolute atomic E-state index is 0.304. The van der Waals surface area contributed by atoms with Crippen molar-refractivity contribution in [2.24, 2.45) is 0 Å². The number of rotatable bonds is 47. The summed E-state index contributed by atoms with van der Waals surface area (Å²) in [6.45, 7) is 3.61. The molecular weight excluding hydrogens is 831 g/mol. The van der Waals surface area contributed by atoms with Crippen molar-refractivity contribution in [3.63, 3.8) is 0 Å². The molecular formula is C56H105NO9. The first kappa shape index (κ1) is 62.4. The molecule has 388 valence electrons. The van der Waals surface area contributed by atoms with E-state index in [1.54, 1.807) is 6.08 Å². The average Bonchev–Trinajstić information content (AvgIpc) is 3.32. The van der Waals surface area contributed by atoms with Crippen molar-refractivity contribution in [2.75, 3.05) is 13.2 Å². The summed E-state index contributed by atoms with van der Waals surface area (Å²) in [5, 5.41) is 64.9. The Morgan fingerprint density at radius 3 is 1.32 bits per heavy atom. The highest BCUT2D eigenvalue weighted by Gasteiger charge is 2.44. The molecule has 0 aromatic heterocycles. The van der Waals surface area contributed by atoms with Crippen LogP contribution in [0.1, 0.15) is 251 Å². The molecule has 1 aliphatic heterocycles. The minimum Gasteiger partial charge on any atom is -0.394 e. The normalized spacial score (nSPS) is 20.5. The molecule has 8 atom stereocenters. The predicted molar refractivity (Wildman–Crippen MR) is 273 cm³/mol. The maximum absolute atomic E-state index is 13.1. The number of ether oxygens (including phenoxy) is 2. The molecule has 0 aromatic carbocycles. The monoisotopic (exact) mass is 936 g/mol. The highest BCUT2D eigenvalue weighted by Crippen LogP contribution is 2.23. The van der Waals surface area contributed by atoms with Crippen LogP contribution in [0.4, 0.5) is 0 Å². The Bertz CT molecular complexity index is 1150. The van der Waals surface area contributed by atoms with Gasteiger partial charge in [-0.3, -0.25) is 4.79 Å². The number of aliphatic hydroxyl groups excluding tert-OH is 6. The molecule has 1 rings (SSSR count). The van der Waals surface area contributed by atoms with Crippen molar-refractivity contribution >= 4 is 5.91 Å². The fourth-order valence-electron chi connectivity index (χ4n) is 8.78. The first-order valence-corrected chi connectivity index (χ1v) is 27.8. The lowest BCUT2D eigenvalue weighted by Gasteiger charge is -2.40. The third kappa shape index (κ3) is 34.6. The van der Waals surface area contributed by atoms with Gasteiger partial charge in [-0.15, -0.1) is 0 Å². The number of hydrogen-bond donors (Lipinski definition) is 7. The number of carbonyl (C=O) groups excluding carboxylic acids is 1. The van der Waals surface area contributed by atoms with E-state index in [2.05, 4.69) is 43.5 Å². The van der Waals surface area contributed by atoms with E-state index >= 15 is 0 Å². The zero-order valence-corrected chi connectivity index (χ0v) is 42.6. The number of allylic oxidation sites excluding steroid dienone is 5. The van der Waals surface area contributed by atoms with Crippen molar-refractivity contribution in [3.05, 3.63) is 36.5 Å². The summed E-state index contributed by atoms with van der Waals surface area (Å²) in [4.78, 5) is 13.1. The highest BCUT2D eigenvalue weighted by atomic mass is 16.7. The number of amides is 1. The largest absolute Gasteiger partial charge is 0.394 e. The van der Waals surface area contributed by atoms with Crippen LogP contribution >= 0.6 is 0 Å². The zero-order chi connectivity index (χ0) is 48.1. The van der Waals surface area contributed by atoms with Gasteiger partial charge < -0.3 is 45.4 Å². The number of carbonyl (C=O) groups is 1. The van der Waals surface area contributed by atoms with Gasteiger partial charge in [0.1, 0.15) is 30.5 Å².